The molecule has 6 nitrogen and oxygen atoms in total. The summed E-state index contributed by atoms with van der Waals surface area (Å²) in [5, 5.41) is 12.0. The van der Waals surface area contributed by atoms with Gasteiger partial charge in [-0.15, -0.1) is 0 Å². The molecule has 0 aliphatic rings. The molecule has 1 aromatic heterocycles. The zero-order chi connectivity index (χ0) is 14.8. The summed E-state index contributed by atoms with van der Waals surface area (Å²) in [4.78, 5) is 10.6. The highest BCUT2D eigenvalue weighted by atomic mass is 16.5. The summed E-state index contributed by atoms with van der Waals surface area (Å²) in [6.07, 6.45) is 5.45. The van der Waals surface area contributed by atoms with Crippen LogP contribution in [0.3, 0.4) is 0 Å². The van der Waals surface area contributed by atoms with Crippen LogP contribution in [0, 0.1) is 0 Å². The first kappa shape index (κ1) is 16.5. The van der Waals surface area contributed by atoms with Crippen LogP contribution in [0.4, 0.5) is 11.6 Å². The van der Waals surface area contributed by atoms with Gasteiger partial charge in [0.05, 0.1) is 7.11 Å². The lowest BCUT2D eigenvalue weighted by atomic mass is 10.2. The number of aliphatic hydroxyl groups excluding tert-OH is 1. The van der Waals surface area contributed by atoms with Crippen LogP contribution in [0.25, 0.3) is 0 Å². The van der Waals surface area contributed by atoms with Gasteiger partial charge in [-0.2, -0.15) is 0 Å². The van der Waals surface area contributed by atoms with Gasteiger partial charge in [0.25, 0.3) is 0 Å². The molecule has 0 aliphatic carbocycles. The van der Waals surface area contributed by atoms with Crippen molar-refractivity contribution in [2.45, 2.75) is 32.6 Å². The molecule has 114 valence electrons. The van der Waals surface area contributed by atoms with Crippen molar-refractivity contribution in [3.8, 4) is 5.75 Å². The fourth-order valence-corrected chi connectivity index (χ4v) is 1.94. The zero-order valence-corrected chi connectivity index (χ0v) is 12.7. The van der Waals surface area contributed by atoms with Gasteiger partial charge in [-0.25, -0.2) is 9.97 Å². The van der Waals surface area contributed by atoms with E-state index in [4.69, 9.17) is 9.84 Å². The van der Waals surface area contributed by atoms with Crippen LogP contribution in [-0.2, 0) is 0 Å². The fourth-order valence-electron chi connectivity index (χ4n) is 1.94. The van der Waals surface area contributed by atoms with Crippen molar-refractivity contribution in [2.75, 3.05) is 44.1 Å². The molecule has 0 saturated heterocycles. The molecule has 0 atom stereocenters. The minimum Gasteiger partial charge on any atom is -0.490 e. The summed E-state index contributed by atoms with van der Waals surface area (Å²) in [7, 11) is 3.63. The third-order valence-corrected chi connectivity index (χ3v) is 3.04. The van der Waals surface area contributed by atoms with E-state index in [9.17, 15) is 0 Å². The summed E-state index contributed by atoms with van der Waals surface area (Å²) < 4.78 is 5.45. The van der Waals surface area contributed by atoms with Gasteiger partial charge >= 0.3 is 0 Å². The molecule has 0 saturated carbocycles. The minimum absolute atomic E-state index is 0.256. The van der Waals surface area contributed by atoms with E-state index in [0.29, 0.717) is 5.75 Å². The largest absolute Gasteiger partial charge is 0.490 e. The Morgan fingerprint density at radius 2 is 2.10 bits per heavy atom. The summed E-state index contributed by atoms with van der Waals surface area (Å²) in [6.45, 7) is 4.09. The van der Waals surface area contributed by atoms with E-state index in [0.717, 1.165) is 50.4 Å². The Morgan fingerprint density at radius 3 is 2.75 bits per heavy atom. The molecule has 1 aromatic rings. The van der Waals surface area contributed by atoms with E-state index in [1.807, 2.05) is 7.05 Å². The lowest BCUT2D eigenvalue weighted by molar-refractivity contribution is 0.283. The predicted molar refractivity (Wildman–Crippen MR) is 81.6 cm³/mol. The number of nitrogens with zero attached hydrogens (tertiary/aromatic N) is 3. The fraction of sp³-hybridized carbons (Fsp3) is 0.714. The molecule has 0 amide bonds. The smallest absolute Gasteiger partial charge is 0.204 e. The molecule has 0 radical (unpaired) electrons. The molecule has 0 aromatic carbocycles. The molecule has 6 heteroatoms. The van der Waals surface area contributed by atoms with Gasteiger partial charge in [0.2, 0.25) is 5.75 Å². The summed E-state index contributed by atoms with van der Waals surface area (Å²) in [5.41, 5.74) is 0. The molecule has 1 rings (SSSR count). The SMILES string of the molecule is CCCNc1ncnc(N(C)CCCCCO)c1OC. The number of aliphatic hydroxyl groups is 1. The van der Waals surface area contributed by atoms with Crippen molar-refractivity contribution in [3.05, 3.63) is 6.33 Å². The number of ether oxygens (including phenoxy) is 1. The quantitative estimate of drug-likeness (QED) is 0.639. The Kier molecular flexibility index (Phi) is 7.72. The second-order valence-electron chi connectivity index (χ2n) is 4.71. The second kappa shape index (κ2) is 9.36. The van der Waals surface area contributed by atoms with Crippen LogP contribution in [0.2, 0.25) is 0 Å². The zero-order valence-electron chi connectivity index (χ0n) is 12.7. The summed E-state index contributed by atoms with van der Waals surface area (Å²) in [5.74, 6) is 2.22. The van der Waals surface area contributed by atoms with Gasteiger partial charge < -0.3 is 20.1 Å². The van der Waals surface area contributed by atoms with Gasteiger partial charge in [-0.1, -0.05) is 6.92 Å². The first-order valence-corrected chi connectivity index (χ1v) is 7.19. The maximum atomic E-state index is 8.79. The van der Waals surface area contributed by atoms with Crippen LogP contribution < -0.4 is 15.0 Å². The van der Waals surface area contributed by atoms with E-state index < -0.39 is 0 Å². The molecule has 2 N–H and O–H groups in total. The highest BCUT2D eigenvalue weighted by Gasteiger charge is 2.15. The Labute approximate surface area is 121 Å². The number of methoxy groups -OCH3 is 1. The average molecular weight is 282 g/mol. The molecule has 0 aliphatic heterocycles. The van der Waals surface area contributed by atoms with Crippen LogP contribution in [0.5, 0.6) is 5.75 Å². The molecule has 0 unspecified atom stereocenters. The first-order chi connectivity index (χ1) is 9.74. The van der Waals surface area contributed by atoms with Gasteiger partial charge in [0.1, 0.15) is 6.33 Å². The lowest BCUT2D eigenvalue weighted by Crippen LogP contribution is -2.21. The van der Waals surface area contributed by atoms with Crippen LogP contribution >= 0.6 is 0 Å². The van der Waals surface area contributed by atoms with Crippen molar-refractivity contribution < 1.29 is 9.84 Å². The molecular weight excluding hydrogens is 256 g/mol. The average Bonchev–Trinajstić information content (AvgIpc) is 2.48. The Balaban J connectivity index is 2.71. The molecular formula is C14H26N4O2. The lowest BCUT2D eigenvalue weighted by Gasteiger charge is -2.21. The molecule has 0 fully saturated rings. The molecule has 0 bridgehead atoms. The number of rotatable bonds is 10. The highest BCUT2D eigenvalue weighted by molar-refractivity contribution is 5.64. The number of hydrogen-bond donors (Lipinski definition) is 2. The van der Waals surface area contributed by atoms with Crippen molar-refractivity contribution in [1.82, 2.24) is 9.97 Å². The van der Waals surface area contributed by atoms with Gasteiger partial charge in [0, 0.05) is 26.7 Å². The number of hydrogen-bond acceptors (Lipinski definition) is 6. The van der Waals surface area contributed by atoms with E-state index in [-0.39, 0.29) is 6.61 Å². The van der Waals surface area contributed by atoms with Crippen molar-refractivity contribution >= 4 is 11.6 Å². The van der Waals surface area contributed by atoms with E-state index in [1.54, 1.807) is 13.4 Å². The summed E-state index contributed by atoms with van der Waals surface area (Å²) >= 11 is 0. The van der Waals surface area contributed by atoms with E-state index >= 15 is 0 Å². The molecule has 1 heterocycles. The maximum absolute atomic E-state index is 8.79. The van der Waals surface area contributed by atoms with Crippen molar-refractivity contribution in [3.63, 3.8) is 0 Å². The topological polar surface area (TPSA) is 70.5 Å². The molecule has 0 spiro atoms. The highest BCUT2D eigenvalue weighted by Crippen LogP contribution is 2.31. The summed E-state index contributed by atoms with van der Waals surface area (Å²) in [6, 6.07) is 0. The third-order valence-electron chi connectivity index (χ3n) is 3.04. The number of aromatic nitrogens is 2. The predicted octanol–water partition coefficient (Wildman–Crippen LogP) is 1.91. The Hall–Kier alpha value is -1.56. The normalized spacial score (nSPS) is 10.4. The van der Waals surface area contributed by atoms with Crippen LogP contribution in [0.1, 0.15) is 32.6 Å². The van der Waals surface area contributed by atoms with Gasteiger partial charge in [-0.05, 0) is 25.7 Å². The Bertz CT molecular complexity index is 387. The standard InChI is InChI=1S/C14H26N4O2/c1-4-8-15-13-12(20-3)14(17-11-16-13)18(2)9-6-5-7-10-19/h11,19H,4-10H2,1-3H3,(H,15,16,17). The second-order valence-corrected chi connectivity index (χ2v) is 4.71. The van der Waals surface area contributed by atoms with Crippen molar-refractivity contribution in [1.29, 1.82) is 0 Å². The van der Waals surface area contributed by atoms with Gasteiger partial charge in [0.15, 0.2) is 11.6 Å². The molecule has 20 heavy (non-hydrogen) atoms. The minimum atomic E-state index is 0.256. The van der Waals surface area contributed by atoms with Gasteiger partial charge in [-0.3, -0.25) is 0 Å². The van der Waals surface area contributed by atoms with E-state index in [2.05, 4.69) is 27.1 Å². The number of nitrogens with one attached hydrogen (secondary N) is 1. The maximum Gasteiger partial charge on any atom is 0.204 e. The van der Waals surface area contributed by atoms with E-state index in [1.165, 1.54) is 0 Å². The van der Waals surface area contributed by atoms with Crippen molar-refractivity contribution in [2.24, 2.45) is 0 Å². The van der Waals surface area contributed by atoms with Crippen LogP contribution in [0.15, 0.2) is 6.33 Å². The van der Waals surface area contributed by atoms with Crippen LogP contribution in [-0.4, -0.2) is 48.9 Å². The Morgan fingerprint density at radius 1 is 1.30 bits per heavy atom. The number of unbranched alkanes of at least 4 members (excludes halogenated alkanes) is 2. The first-order valence-electron chi connectivity index (χ1n) is 7.19. The monoisotopic (exact) mass is 282 g/mol. The number of anilines is 2. The third kappa shape index (κ3) is 4.85.